The molecule has 7 heteroatoms. The molecule has 1 atom stereocenters. The molecule has 1 aliphatic rings. The van der Waals surface area contributed by atoms with E-state index >= 15 is 0 Å². The molecule has 6 nitrogen and oxygen atoms in total. The Hall–Kier alpha value is -1.96. The van der Waals surface area contributed by atoms with E-state index in [-0.39, 0.29) is 11.8 Å². The Morgan fingerprint density at radius 3 is 2.56 bits per heavy atom. The van der Waals surface area contributed by atoms with Crippen LogP contribution in [0.3, 0.4) is 0 Å². The van der Waals surface area contributed by atoms with Gasteiger partial charge < -0.3 is 9.84 Å². The van der Waals surface area contributed by atoms with Gasteiger partial charge in [-0.25, -0.2) is 13.4 Å². The minimum absolute atomic E-state index is 0.235. The number of aliphatic hydroxyl groups excluding tert-OH is 1. The Labute approximate surface area is 160 Å². The van der Waals surface area contributed by atoms with Crippen LogP contribution in [0.25, 0.3) is 0 Å². The second kappa shape index (κ2) is 8.82. The molecule has 1 aromatic carbocycles. The molecule has 3 rings (SSSR count). The number of benzene rings is 1. The van der Waals surface area contributed by atoms with Crippen molar-refractivity contribution in [2.45, 2.75) is 50.3 Å². The van der Waals surface area contributed by atoms with Crippen LogP contribution in [0.4, 0.5) is 0 Å². The first-order valence-corrected chi connectivity index (χ1v) is 11.2. The van der Waals surface area contributed by atoms with Crippen LogP contribution in [0, 0.1) is 0 Å². The maximum Gasteiger partial charge on any atom is 0.153 e. The van der Waals surface area contributed by atoms with Gasteiger partial charge in [-0.15, -0.1) is 0 Å². The standard InChI is InChI=1S/C20H26N2O4S/c1-27(24,25)14-18-19(26-13-15-7-3-2-4-8-15)12-11-17(22-18)20(23)21-16-9-5-6-10-16/h2-4,7-8,11-12,16,20-21,23H,5-6,9-10,13-14H2,1H3. The Morgan fingerprint density at radius 2 is 1.89 bits per heavy atom. The van der Waals surface area contributed by atoms with Crippen LogP contribution in [0.15, 0.2) is 42.5 Å². The first-order valence-electron chi connectivity index (χ1n) is 9.19. The highest BCUT2D eigenvalue weighted by Crippen LogP contribution is 2.24. The molecule has 1 aromatic heterocycles. The van der Waals surface area contributed by atoms with Crippen molar-refractivity contribution in [3.63, 3.8) is 0 Å². The Kier molecular flexibility index (Phi) is 6.46. The summed E-state index contributed by atoms with van der Waals surface area (Å²) in [6.45, 7) is 0.321. The molecule has 2 N–H and O–H groups in total. The van der Waals surface area contributed by atoms with Crippen molar-refractivity contribution in [2.24, 2.45) is 0 Å². The molecule has 2 aromatic rings. The fourth-order valence-electron chi connectivity index (χ4n) is 3.28. The van der Waals surface area contributed by atoms with Gasteiger partial charge in [0.25, 0.3) is 0 Å². The van der Waals surface area contributed by atoms with Crippen molar-refractivity contribution in [2.75, 3.05) is 6.26 Å². The predicted octanol–water partition coefficient (Wildman–Crippen LogP) is 2.73. The molecule has 0 aliphatic heterocycles. The third kappa shape index (κ3) is 6.02. The lowest BCUT2D eigenvalue weighted by atomic mass is 10.2. The molecule has 1 unspecified atom stereocenters. The largest absolute Gasteiger partial charge is 0.487 e. The third-order valence-corrected chi connectivity index (χ3v) is 5.42. The van der Waals surface area contributed by atoms with Crippen molar-refractivity contribution >= 4 is 9.84 Å². The van der Waals surface area contributed by atoms with Crippen molar-refractivity contribution in [3.05, 3.63) is 59.4 Å². The average molecular weight is 391 g/mol. The molecule has 1 heterocycles. The zero-order chi connectivity index (χ0) is 19.3. The number of hydrogen-bond donors (Lipinski definition) is 2. The van der Waals surface area contributed by atoms with Crippen molar-refractivity contribution < 1.29 is 18.3 Å². The molecule has 0 spiro atoms. The summed E-state index contributed by atoms with van der Waals surface area (Å²) in [4.78, 5) is 4.40. The number of aliphatic hydroxyl groups is 1. The molecule has 1 fully saturated rings. The minimum Gasteiger partial charge on any atom is -0.487 e. The fourth-order valence-corrected chi connectivity index (χ4v) is 3.98. The van der Waals surface area contributed by atoms with Gasteiger partial charge in [-0.05, 0) is 30.5 Å². The molecular formula is C20H26N2O4S. The van der Waals surface area contributed by atoms with Crippen LogP contribution in [-0.4, -0.2) is 30.8 Å². The molecule has 1 aliphatic carbocycles. The number of rotatable bonds is 8. The summed E-state index contributed by atoms with van der Waals surface area (Å²) in [7, 11) is -3.29. The van der Waals surface area contributed by atoms with Crippen LogP contribution >= 0.6 is 0 Å². The molecule has 0 bridgehead atoms. The summed E-state index contributed by atoms with van der Waals surface area (Å²) in [6.07, 6.45) is 4.62. The SMILES string of the molecule is CS(=O)(=O)Cc1nc(C(O)NC2CCCC2)ccc1OCc1ccccc1. The highest BCUT2D eigenvalue weighted by molar-refractivity contribution is 7.89. The summed E-state index contributed by atoms with van der Waals surface area (Å²) in [5.41, 5.74) is 1.71. The van der Waals surface area contributed by atoms with Crippen LogP contribution in [0.5, 0.6) is 5.75 Å². The van der Waals surface area contributed by atoms with Gasteiger partial charge in [0.05, 0.1) is 17.1 Å². The predicted molar refractivity (Wildman–Crippen MR) is 104 cm³/mol. The van der Waals surface area contributed by atoms with Gasteiger partial charge >= 0.3 is 0 Å². The second-order valence-electron chi connectivity index (χ2n) is 7.08. The molecule has 27 heavy (non-hydrogen) atoms. The normalized spacial score (nSPS) is 16.4. The zero-order valence-corrected chi connectivity index (χ0v) is 16.3. The van der Waals surface area contributed by atoms with Gasteiger partial charge in [0, 0.05) is 12.3 Å². The van der Waals surface area contributed by atoms with Crippen LogP contribution < -0.4 is 10.1 Å². The lowest BCUT2D eigenvalue weighted by Crippen LogP contribution is -2.31. The maximum atomic E-state index is 11.8. The molecule has 146 valence electrons. The highest BCUT2D eigenvalue weighted by atomic mass is 32.2. The van der Waals surface area contributed by atoms with Gasteiger partial charge in [0.2, 0.25) is 0 Å². The van der Waals surface area contributed by atoms with E-state index in [1.165, 1.54) is 0 Å². The summed E-state index contributed by atoms with van der Waals surface area (Å²) in [5.74, 6) is 0.183. The third-order valence-electron chi connectivity index (χ3n) is 4.62. The molecule has 1 saturated carbocycles. The zero-order valence-electron chi connectivity index (χ0n) is 15.5. The van der Waals surface area contributed by atoms with Crippen molar-refractivity contribution in [3.8, 4) is 5.75 Å². The molecule has 0 saturated heterocycles. The van der Waals surface area contributed by atoms with Crippen molar-refractivity contribution in [1.29, 1.82) is 0 Å². The van der Waals surface area contributed by atoms with Crippen LogP contribution in [-0.2, 0) is 22.2 Å². The van der Waals surface area contributed by atoms with E-state index in [1.54, 1.807) is 12.1 Å². The lowest BCUT2D eigenvalue weighted by Gasteiger charge is -2.19. The summed E-state index contributed by atoms with van der Waals surface area (Å²) in [6, 6.07) is 13.3. The Balaban J connectivity index is 1.77. The number of hydrogen-bond acceptors (Lipinski definition) is 6. The van der Waals surface area contributed by atoms with Gasteiger partial charge in [-0.1, -0.05) is 43.2 Å². The van der Waals surface area contributed by atoms with E-state index in [9.17, 15) is 13.5 Å². The van der Waals surface area contributed by atoms with Gasteiger partial charge in [-0.2, -0.15) is 0 Å². The number of nitrogens with one attached hydrogen (secondary N) is 1. The number of aromatic nitrogens is 1. The smallest absolute Gasteiger partial charge is 0.153 e. The van der Waals surface area contributed by atoms with E-state index in [1.807, 2.05) is 30.3 Å². The average Bonchev–Trinajstić information content (AvgIpc) is 3.13. The van der Waals surface area contributed by atoms with E-state index in [4.69, 9.17) is 4.74 Å². The monoisotopic (exact) mass is 390 g/mol. The lowest BCUT2D eigenvalue weighted by molar-refractivity contribution is 0.119. The quantitative estimate of drug-likeness (QED) is 0.674. The second-order valence-corrected chi connectivity index (χ2v) is 9.22. The maximum absolute atomic E-state index is 11.8. The topological polar surface area (TPSA) is 88.5 Å². The molecular weight excluding hydrogens is 364 g/mol. The Bertz CT molecular complexity index is 850. The number of nitrogens with zero attached hydrogens (tertiary/aromatic N) is 1. The minimum atomic E-state index is -3.29. The first kappa shape index (κ1) is 19.8. The summed E-state index contributed by atoms with van der Waals surface area (Å²) < 4.78 is 29.4. The number of pyridine rings is 1. The van der Waals surface area contributed by atoms with E-state index in [2.05, 4.69) is 10.3 Å². The van der Waals surface area contributed by atoms with Crippen LogP contribution in [0.2, 0.25) is 0 Å². The van der Waals surface area contributed by atoms with Gasteiger partial charge in [0.15, 0.2) is 9.84 Å². The number of sulfone groups is 1. The van der Waals surface area contributed by atoms with E-state index in [0.29, 0.717) is 23.7 Å². The van der Waals surface area contributed by atoms with Gasteiger partial charge in [-0.3, -0.25) is 5.32 Å². The number of ether oxygens (including phenoxy) is 1. The summed E-state index contributed by atoms with van der Waals surface area (Å²) >= 11 is 0. The highest BCUT2D eigenvalue weighted by Gasteiger charge is 2.21. The summed E-state index contributed by atoms with van der Waals surface area (Å²) in [5, 5.41) is 13.6. The van der Waals surface area contributed by atoms with Crippen LogP contribution in [0.1, 0.15) is 48.9 Å². The fraction of sp³-hybridized carbons (Fsp3) is 0.450. The molecule has 0 amide bonds. The first-order chi connectivity index (χ1) is 12.9. The van der Waals surface area contributed by atoms with E-state index in [0.717, 1.165) is 37.5 Å². The Morgan fingerprint density at radius 1 is 1.19 bits per heavy atom. The van der Waals surface area contributed by atoms with E-state index < -0.39 is 16.1 Å². The van der Waals surface area contributed by atoms with Gasteiger partial charge in [0.1, 0.15) is 18.6 Å². The molecule has 0 radical (unpaired) electrons. The van der Waals surface area contributed by atoms with Crippen molar-refractivity contribution in [1.82, 2.24) is 10.3 Å².